The summed E-state index contributed by atoms with van der Waals surface area (Å²) in [6.07, 6.45) is 0. The van der Waals surface area contributed by atoms with Crippen LogP contribution < -0.4 is 0 Å². The zero-order chi connectivity index (χ0) is 11.7. The predicted octanol–water partition coefficient (Wildman–Crippen LogP) is 2.88. The van der Waals surface area contributed by atoms with Gasteiger partial charge >= 0.3 is 0 Å². The molecule has 1 heterocycles. The molecule has 0 spiro atoms. The van der Waals surface area contributed by atoms with Crippen molar-refractivity contribution < 1.29 is 5.11 Å². The Hall–Kier alpha value is -1.45. The second kappa shape index (κ2) is 4.43. The summed E-state index contributed by atoms with van der Waals surface area (Å²) in [4.78, 5) is 2.56. The summed E-state index contributed by atoms with van der Waals surface area (Å²) in [5.41, 5.74) is 2.57. The molecule has 1 aliphatic rings. The average Bonchev–Trinajstić information content (AvgIpc) is 2.71. The molecule has 0 fully saturated rings. The summed E-state index contributed by atoms with van der Waals surface area (Å²) < 4.78 is 4.60. The van der Waals surface area contributed by atoms with E-state index in [0.29, 0.717) is 6.54 Å². The molecule has 17 heavy (non-hydrogen) atoms. The van der Waals surface area contributed by atoms with E-state index in [1.165, 1.54) is 20.9 Å². The van der Waals surface area contributed by atoms with Crippen molar-refractivity contribution in [1.82, 2.24) is 0 Å². The summed E-state index contributed by atoms with van der Waals surface area (Å²) in [6, 6.07) is 16.8. The minimum Gasteiger partial charge on any atom is -0.394 e. The van der Waals surface area contributed by atoms with Crippen molar-refractivity contribution in [3.63, 3.8) is 0 Å². The van der Waals surface area contributed by atoms with Crippen LogP contribution in [0, 0.1) is 0 Å². The van der Waals surface area contributed by atoms with E-state index in [2.05, 4.69) is 52.9 Å². The van der Waals surface area contributed by atoms with Gasteiger partial charge in [-0.25, -0.2) is 0 Å². The first-order valence-corrected chi connectivity index (χ1v) is 6.81. The molecule has 0 aliphatic carbocycles. The number of aliphatic hydroxyl groups excluding tert-OH is 1. The Bertz CT molecular complexity index is 545. The lowest BCUT2D eigenvalue weighted by molar-refractivity contribution is 0.307. The molecule has 0 unspecified atom stereocenters. The van der Waals surface area contributed by atoms with Crippen LogP contribution in [0.2, 0.25) is 0 Å². The lowest BCUT2D eigenvalue weighted by Gasteiger charge is -2.02. The van der Waals surface area contributed by atoms with Crippen molar-refractivity contribution in [3.8, 4) is 11.1 Å². The van der Waals surface area contributed by atoms with E-state index in [4.69, 9.17) is 5.11 Å². The van der Waals surface area contributed by atoms with Gasteiger partial charge in [0.1, 0.15) is 0 Å². The number of nitrogens with zero attached hydrogens (tertiary/aromatic N) is 1. The van der Waals surface area contributed by atoms with Crippen molar-refractivity contribution in [3.05, 3.63) is 48.5 Å². The van der Waals surface area contributed by atoms with Crippen molar-refractivity contribution in [2.45, 2.75) is 9.79 Å². The Morgan fingerprint density at radius 1 is 0.882 bits per heavy atom. The molecule has 0 amide bonds. The fraction of sp³-hybridized carbons (Fsp3) is 0.143. The number of hydrogen-bond acceptors (Lipinski definition) is 2. The molecule has 3 rings (SSSR count). The normalized spacial score (nSPS) is 13.2. The van der Waals surface area contributed by atoms with Gasteiger partial charge in [-0.05, 0) is 34.0 Å². The summed E-state index contributed by atoms with van der Waals surface area (Å²) in [7, 11) is -0.212. The second-order valence-electron chi connectivity index (χ2n) is 3.85. The number of hydrogen-bond donors (Lipinski definition) is 1. The monoisotopic (exact) mass is 243 g/mol. The lowest BCUT2D eigenvalue weighted by atomic mass is 10.1. The fourth-order valence-corrected chi connectivity index (χ4v) is 4.07. The molecular formula is C14H13NOS. The number of benzene rings is 2. The van der Waals surface area contributed by atoms with Gasteiger partial charge < -0.3 is 5.11 Å². The Labute approximate surface area is 103 Å². The first kappa shape index (κ1) is 10.7. The number of aliphatic hydroxyl groups is 1. The SMILES string of the molecule is OCCN=S1c2ccccc2-c2ccccc21. The Balaban J connectivity index is 2.24. The molecule has 2 aromatic rings. The molecule has 0 aromatic heterocycles. The van der Waals surface area contributed by atoms with Gasteiger partial charge in [0, 0.05) is 9.79 Å². The van der Waals surface area contributed by atoms with Gasteiger partial charge in [-0.2, -0.15) is 0 Å². The van der Waals surface area contributed by atoms with E-state index in [0.717, 1.165) is 0 Å². The molecule has 0 bridgehead atoms. The minimum atomic E-state index is -0.212. The summed E-state index contributed by atoms with van der Waals surface area (Å²) in [6.45, 7) is 0.625. The van der Waals surface area contributed by atoms with Crippen LogP contribution in [0.1, 0.15) is 0 Å². The Kier molecular flexibility index (Phi) is 2.79. The number of fused-ring (bicyclic) bond motifs is 3. The molecule has 3 heteroatoms. The molecule has 2 aromatic carbocycles. The maximum atomic E-state index is 8.93. The third-order valence-electron chi connectivity index (χ3n) is 2.80. The van der Waals surface area contributed by atoms with Crippen LogP contribution in [-0.2, 0) is 10.7 Å². The van der Waals surface area contributed by atoms with Gasteiger partial charge in [-0.1, -0.05) is 36.4 Å². The van der Waals surface area contributed by atoms with Crippen LogP contribution in [-0.4, -0.2) is 18.3 Å². The highest BCUT2D eigenvalue weighted by molar-refractivity contribution is 7.88. The van der Waals surface area contributed by atoms with Crippen LogP contribution in [0.5, 0.6) is 0 Å². The molecule has 86 valence electrons. The quantitative estimate of drug-likeness (QED) is 0.737. The fourth-order valence-electron chi connectivity index (χ4n) is 2.11. The molecule has 2 nitrogen and oxygen atoms in total. The maximum Gasteiger partial charge on any atom is 0.0697 e. The van der Waals surface area contributed by atoms with E-state index >= 15 is 0 Å². The van der Waals surface area contributed by atoms with E-state index in [1.807, 2.05) is 0 Å². The Morgan fingerprint density at radius 2 is 1.41 bits per heavy atom. The Morgan fingerprint density at radius 3 is 1.94 bits per heavy atom. The highest BCUT2D eigenvalue weighted by atomic mass is 32.2. The summed E-state index contributed by atoms with van der Waals surface area (Å²) in [5, 5.41) is 8.93. The van der Waals surface area contributed by atoms with Crippen LogP contribution in [0.3, 0.4) is 0 Å². The first-order valence-electron chi connectivity index (χ1n) is 5.63. The molecule has 0 saturated heterocycles. The average molecular weight is 243 g/mol. The predicted molar refractivity (Wildman–Crippen MR) is 70.2 cm³/mol. The number of rotatable bonds is 2. The van der Waals surface area contributed by atoms with Gasteiger partial charge in [0.25, 0.3) is 0 Å². The first-order chi connectivity index (χ1) is 8.42. The van der Waals surface area contributed by atoms with Gasteiger partial charge in [0.2, 0.25) is 0 Å². The smallest absolute Gasteiger partial charge is 0.0697 e. The van der Waals surface area contributed by atoms with Crippen LogP contribution >= 0.6 is 0 Å². The molecule has 0 atom stereocenters. The topological polar surface area (TPSA) is 32.6 Å². The third kappa shape index (κ3) is 1.72. The van der Waals surface area contributed by atoms with Crippen LogP contribution in [0.15, 0.2) is 62.7 Å². The third-order valence-corrected chi connectivity index (χ3v) is 4.79. The molecular weight excluding hydrogens is 230 g/mol. The highest BCUT2D eigenvalue weighted by Crippen LogP contribution is 2.41. The van der Waals surface area contributed by atoms with Crippen LogP contribution in [0.25, 0.3) is 11.1 Å². The highest BCUT2D eigenvalue weighted by Gasteiger charge is 2.22. The summed E-state index contributed by atoms with van der Waals surface area (Å²) >= 11 is 0. The standard InChI is InChI=1S/C14H13NOS/c16-10-9-15-17-13-7-3-1-5-11(13)12-6-2-4-8-14(12)17/h1-8,16H,9-10H2. The van der Waals surface area contributed by atoms with Crippen molar-refractivity contribution in [1.29, 1.82) is 0 Å². The van der Waals surface area contributed by atoms with Crippen molar-refractivity contribution >= 4 is 10.7 Å². The maximum absolute atomic E-state index is 8.93. The van der Waals surface area contributed by atoms with E-state index in [1.54, 1.807) is 0 Å². The molecule has 0 radical (unpaired) electrons. The van der Waals surface area contributed by atoms with E-state index in [-0.39, 0.29) is 17.3 Å². The van der Waals surface area contributed by atoms with Gasteiger partial charge in [-0.3, -0.25) is 4.36 Å². The molecule has 0 saturated carbocycles. The van der Waals surface area contributed by atoms with Gasteiger partial charge in [0.15, 0.2) is 0 Å². The zero-order valence-corrected chi connectivity index (χ0v) is 10.2. The van der Waals surface area contributed by atoms with Crippen molar-refractivity contribution in [2.24, 2.45) is 4.36 Å². The van der Waals surface area contributed by atoms with Gasteiger partial charge in [-0.15, -0.1) is 0 Å². The lowest BCUT2D eigenvalue weighted by Crippen LogP contribution is -1.93. The second-order valence-corrected chi connectivity index (χ2v) is 5.56. The summed E-state index contributed by atoms with van der Waals surface area (Å²) in [5.74, 6) is 0. The molecule has 1 aliphatic heterocycles. The van der Waals surface area contributed by atoms with E-state index < -0.39 is 0 Å². The van der Waals surface area contributed by atoms with Crippen LogP contribution in [0.4, 0.5) is 0 Å². The van der Waals surface area contributed by atoms with Gasteiger partial charge in [0.05, 0.1) is 13.2 Å². The van der Waals surface area contributed by atoms with Crippen molar-refractivity contribution in [2.75, 3.05) is 13.2 Å². The van der Waals surface area contributed by atoms with E-state index in [9.17, 15) is 0 Å². The minimum absolute atomic E-state index is 0.119. The largest absolute Gasteiger partial charge is 0.394 e. The molecule has 1 N–H and O–H groups in total. The zero-order valence-electron chi connectivity index (χ0n) is 9.34.